The molecule has 1 atom stereocenters. The first kappa shape index (κ1) is 17.7. The Kier molecular flexibility index (Phi) is 6.94. The molecule has 1 saturated heterocycles. The second-order valence-corrected chi connectivity index (χ2v) is 7.10. The highest BCUT2D eigenvalue weighted by Gasteiger charge is 2.23. The molecule has 1 unspecified atom stereocenters. The molecule has 0 aromatic heterocycles. The van der Waals surface area contributed by atoms with E-state index in [1.807, 2.05) is 0 Å². The van der Waals surface area contributed by atoms with Crippen molar-refractivity contribution in [1.29, 1.82) is 0 Å². The van der Waals surface area contributed by atoms with Crippen LogP contribution in [0, 0.1) is 5.92 Å². The van der Waals surface area contributed by atoms with Gasteiger partial charge in [-0.1, -0.05) is 31.4 Å². The van der Waals surface area contributed by atoms with Crippen LogP contribution in [0.5, 0.6) is 5.75 Å². The summed E-state index contributed by atoms with van der Waals surface area (Å²) in [6.45, 7) is 5.90. The minimum Gasteiger partial charge on any atom is -0.497 e. The summed E-state index contributed by atoms with van der Waals surface area (Å²) >= 11 is 0. The Morgan fingerprint density at radius 3 is 2.50 bits per heavy atom. The van der Waals surface area contributed by atoms with Gasteiger partial charge in [0.1, 0.15) is 5.75 Å². The molecule has 1 saturated carbocycles. The number of methoxy groups -OCH3 is 1. The quantitative estimate of drug-likeness (QED) is 0.831. The zero-order valence-electron chi connectivity index (χ0n) is 15.0. The minimum atomic E-state index is 0.420. The molecule has 0 spiro atoms. The number of ether oxygens (including phenoxy) is 2. The largest absolute Gasteiger partial charge is 0.497 e. The second-order valence-electron chi connectivity index (χ2n) is 7.10. The molecule has 2 fully saturated rings. The molecule has 1 heterocycles. The average molecular weight is 332 g/mol. The van der Waals surface area contributed by atoms with Crippen molar-refractivity contribution in [2.75, 3.05) is 46.5 Å². The summed E-state index contributed by atoms with van der Waals surface area (Å²) in [5, 5.41) is 3.77. The van der Waals surface area contributed by atoms with Gasteiger partial charge >= 0.3 is 0 Å². The second kappa shape index (κ2) is 9.40. The summed E-state index contributed by atoms with van der Waals surface area (Å²) in [5.74, 6) is 1.80. The van der Waals surface area contributed by atoms with Crippen LogP contribution in [0.1, 0.15) is 43.7 Å². The van der Waals surface area contributed by atoms with Gasteiger partial charge in [-0.3, -0.25) is 4.90 Å². The fraction of sp³-hybridized carbons (Fsp3) is 0.700. The molecule has 2 aliphatic rings. The maximum Gasteiger partial charge on any atom is 0.118 e. The Labute approximate surface area is 146 Å². The molecule has 1 N–H and O–H groups in total. The van der Waals surface area contributed by atoms with Crippen molar-refractivity contribution in [2.45, 2.75) is 38.1 Å². The van der Waals surface area contributed by atoms with Gasteiger partial charge in [-0.05, 0) is 43.0 Å². The zero-order chi connectivity index (χ0) is 16.6. The van der Waals surface area contributed by atoms with Gasteiger partial charge in [0.15, 0.2) is 0 Å². The van der Waals surface area contributed by atoms with Crippen LogP contribution in [0.25, 0.3) is 0 Å². The molecule has 1 aliphatic carbocycles. The third-order valence-electron chi connectivity index (χ3n) is 5.48. The molecule has 4 nitrogen and oxygen atoms in total. The van der Waals surface area contributed by atoms with Crippen LogP contribution in [-0.2, 0) is 4.74 Å². The molecule has 1 aliphatic heterocycles. The van der Waals surface area contributed by atoms with Crippen molar-refractivity contribution >= 4 is 0 Å². The molecule has 0 amide bonds. The molecule has 0 radical (unpaired) electrons. The third kappa shape index (κ3) is 4.95. The highest BCUT2D eigenvalue weighted by molar-refractivity contribution is 5.29. The topological polar surface area (TPSA) is 33.7 Å². The average Bonchev–Trinajstić information content (AvgIpc) is 2.67. The van der Waals surface area contributed by atoms with Crippen molar-refractivity contribution in [1.82, 2.24) is 10.2 Å². The summed E-state index contributed by atoms with van der Waals surface area (Å²) < 4.78 is 10.8. The molecule has 4 heteroatoms. The number of benzene rings is 1. The molecular formula is C20H32N2O2. The van der Waals surface area contributed by atoms with Crippen LogP contribution in [0.15, 0.2) is 24.3 Å². The molecule has 0 bridgehead atoms. The predicted molar refractivity (Wildman–Crippen MR) is 97.6 cm³/mol. The lowest BCUT2D eigenvalue weighted by Gasteiger charge is -2.35. The fourth-order valence-corrected chi connectivity index (χ4v) is 3.99. The first-order valence-electron chi connectivity index (χ1n) is 9.53. The van der Waals surface area contributed by atoms with Crippen molar-refractivity contribution in [3.63, 3.8) is 0 Å². The van der Waals surface area contributed by atoms with Gasteiger partial charge in [0.2, 0.25) is 0 Å². The van der Waals surface area contributed by atoms with Crippen LogP contribution in [0.2, 0.25) is 0 Å². The van der Waals surface area contributed by atoms with Crippen LogP contribution >= 0.6 is 0 Å². The van der Waals surface area contributed by atoms with Gasteiger partial charge in [0.25, 0.3) is 0 Å². The minimum absolute atomic E-state index is 0.420. The van der Waals surface area contributed by atoms with Crippen LogP contribution < -0.4 is 10.1 Å². The fourth-order valence-electron chi connectivity index (χ4n) is 3.99. The monoisotopic (exact) mass is 332 g/mol. The number of hydrogen-bond donors (Lipinski definition) is 1. The van der Waals surface area contributed by atoms with E-state index < -0.39 is 0 Å². The summed E-state index contributed by atoms with van der Waals surface area (Å²) in [5.41, 5.74) is 1.37. The van der Waals surface area contributed by atoms with Crippen molar-refractivity contribution in [3.05, 3.63) is 29.8 Å². The molecular weight excluding hydrogens is 300 g/mol. The van der Waals surface area contributed by atoms with Gasteiger partial charge < -0.3 is 14.8 Å². The molecule has 134 valence electrons. The zero-order valence-corrected chi connectivity index (χ0v) is 15.0. The highest BCUT2D eigenvalue weighted by atomic mass is 16.5. The van der Waals surface area contributed by atoms with Crippen LogP contribution in [0.4, 0.5) is 0 Å². The summed E-state index contributed by atoms with van der Waals surface area (Å²) in [6, 6.07) is 8.99. The summed E-state index contributed by atoms with van der Waals surface area (Å²) in [6.07, 6.45) is 7.06. The number of hydrogen-bond acceptors (Lipinski definition) is 4. The van der Waals surface area contributed by atoms with E-state index in [4.69, 9.17) is 9.47 Å². The number of rotatable bonds is 7. The van der Waals surface area contributed by atoms with Gasteiger partial charge in [-0.15, -0.1) is 0 Å². The summed E-state index contributed by atoms with van der Waals surface area (Å²) in [4.78, 5) is 2.55. The SMILES string of the molecule is COc1ccc(C(CNCC2CCCCC2)N2CCOCC2)cc1. The molecule has 24 heavy (non-hydrogen) atoms. The van der Waals surface area contributed by atoms with Gasteiger partial charge in [-0.2, -0.15) is 0 Å². The van der Waals surface area contributed by atoms with E-state index in [9.17, 15) is 0 Å². The first-order valence-corrected chi connectivity index (χ1v) is 9.53. The lowest BCUT2D eigenvalue weighted by Crippen LogP contribution is -2.43. The Balaban J connectivity index is 1.59. The van der Waals surface area contributed by atoms with E-state index in [-0.39, 0.29) is 0 Å². The Morgan fingerprint density at radius 1 is 1.12 bits per heavy atom. The number of nitrogens with one attached hydrogen (secondary N) is 1. The van der Waals surface area contributed by atoms with Gasteiger partial charge in [0.05, 0.1) is 20.3 Å². The maximum atomic E-state index is 5.54. The van der Waals surface area contributed by atoms with Gasteiger partial charge in [0, 0.05) is 25.7 Å². The van der Waals surface area contributed by atoms with Gasteiger partial charge in [-0.25, -0.2) is 0 Å². The normalized spacial score (nSPS) is 21.5. The first-order chi connectivity index (χ1) is 11.9. The molecule has 1 aromatic carbocycles. The Hall–Kier alpha value is -1.10. The van der Waals surface area contributed by atoms with Crippen molar-refractivity contribution in [3.8, 4) is 5.75 Å². The van der Waals surface area contributed by atoms with E-state index in [2.05, 4.69) is 34.5 Å². The van der Waals surface area contributed by atoms with Crippen molar-refractivity contribution < 1.29 is 9.47 Å². The summed E-state index contributed by atoms with van der Waals surface area (Å²) in [7, 11) is 1.72. The number of morpholine rings is 1. The van der Waals surface area contributed by atoms with Crippen LogP contribution in [-0.4, -0.2) is 51.4 Å². The smallest absolute Gasteiger partial charge is 0.118 e. The highest BCUT2D eigenvalue weighted by Crippen LogP contribution is 2.25. The van der Waals surface area contributed by atoms with E-state index in [0.29, 0.717) is 6.04 Å². The molecule has 1 aromatic rings. The van der Waals surface area contributed by atoms with Crippen LogP contribution in [0.3, 0.4) is 0 Å². The Morgan fingerprint density at radius 2 is 1.83 bits per heavy atom. The standard InChI is InChI=1S/C20H32N2O2/c1-23-19-9-7-18(8-10-19)20(22-11-13-24-14-12-22)16-21-15-17-5-3-2-4-6-17/h7-10,17,20-21H,2-6,11-16H2,1H3. The third-order valence-corrected chi connectivity index (χ3v) is 5.48. The lowest BCUT2D eigenvalue weighted by atomic mass is 9.89. The van der Waals surface area contributed by atoms with E-state index in [1.165, 1.54) is 37.7 Å². The van der Waals surface area contributed by atoms with E-state index in [0.717, 1.165) is 51.1 Å². The lowest BCUT2D eigenvalue weighted by molar-refractivity contribution is 0.0159. The maximum absolute atomic E-state index is 5.54. The van der Waals surface area contributed by atoms with E-state index in [1.54, 1.807) is 7.11 Å². The predicted octanol–water partition coefficient (Wildman–Crippen LogP) is 3.24. The Bertz CT molecular complexity index is 465. The van der Waals surface area contributed by atoms with E-state index >= 15 is 0 Å². The molecule has 3 rings (SSSR count). The number of nitrogens with zero attached hydrogens (tertiary/aromatic N) is 1. The van der Waals surface area contributed by atoms with Crippen molar-refractivity contribution in [2.24, 2.45) is 5.92 Å².